The molecule has 3 rings (SSSR count). The average Bonchev–Trinajstić information content (AvgIpc) is 2.40. The molecule has 0 aromatic heterocycles. The molecule has 116 valence electrons. The molecule has 1 atom stereocenters. The summed E-state index contributed by atoms with van der Waals surface area (Å²) < 4.78 is 0. The molecule has 22 heavy (non-hydrogen) atoms. The summed E-state index contributed by atoms with van der Waals surface area (Å²) >= 11 is 6.29. The van der Waals surface area contributed by atoms with Crippen molar-refractivity contribution in [3.05, 3.63) is 56.1 Å². The fraction of sp³-hybridized carbons (Fsp3) is 0.375. The summed E-state index contributed by atoms with van der Waals surface area (Å²) in [6.07, 6.45) is 3.50. The van der Waals surface area contributed by atoms with Gasteiger partial charge in [0.25, 0.3) is 5.70 Å². The van der Waals surface area contributed by atoms with E-state index < -0.39 is 10.3 Å². The van der Waals surface area contributed by atoms with Gasteiger partial charge in [0.05, 0.1) is 17.1 Å². The SMILES string of the molecule is CC(C)(C)ON1C=c2cccc3c2=C(C=C([N+](=O)[O-])C3Cl)C1. The maximum absolute atomic E-state index is 11.2. The molecule has 6 heteroatoms. The van der Waals surface area contributed by atoms with Crippen molar-refractivity contribution < 1.29 is 9.76 Å². The first-order valence-electron chi connectivity index (χ1n) is 7.06. The van der Waals surface area contributed by atoms with Gasteiger partial charge in [-0.3, -0.25) is 20.0 Å². The first-order valence-corrected chi connectivity index (χ1v) is 7.50. The lowest BCUT2D eigenvalue weighted by atomic mass is 9.93. The van der Waals surface area contributed by atoms with Gasteiger partial charge in [-0.25, -0.2) is 0 Å². The fourth-order valence-corrected chi connectivity index (χ4v) is 3.14. The second kappa shape index (κ2) is 5.11. The molecule has 1 aromatic carbocycles. The van der Waals surface area contributed by atoms with Crippen molar-refractivity contribution in [3.8, 4) is 0 Å². The molecule has 1 aliphatic heterocycles. The molecule has 1 heterocycles. The minimum Gasteiger partial charge on any atom is -0.268 e. The van der Waals surface area contributed by atoms with E-state index in [9.17, 15) is 10.1 Å². The molecule has 0 spiro atoms. The van der Waals surface area contributed by atoms with Gasteiger partial charge >= 0.3 is 0 Å². The normalized spacial score (nSPS) is 20.2. The van der Waals surface area contributed by atoms with Crippen LogP contribution in [0.1, 0.15) is 31.7 Å². The number of alkyl halides is 1. The van der Waals surface area contributed by atoms with E-state index >= 15 is 0 Å². The lowest BCUT2D eigenvalue weighted by molar-refractivity contribution is -0.427. The van der Waals surface area contributed by atoms with Crippen LogP contribution in [0.4, 0.5) is 0 Å². The van der Waals surface area contributed by atoms with Gasteiger partial charge in [0.15, 0.2) is 0 Å². The summed E-state index contributed by atoms with van der Waals surface area (Å²) in [7, 11) is 0. The molecule has 0 saturated heterocycles. The number of halogens is 1. The molecule has 1 unspecified atom stereocenters. The van der Waals surface area contributed by atoms with Crippen LogP contribution >= 0.6 is 11.6 Å². The fourth-order valence-electron chi connectivity index (χ4n) is 2.81. The van der Waals surface area contributed by atoms with Crippen molar-refractivity contribution in [2.45, 2.75) is 31.7 Å². The highest BCUT2D eigenvalue weighted by Gasteiger charge is 2.32. The third-order valence-electron chi connectivity index (χ3n) is 3.52. The van der Waals surface area contributed by atoms with Crippen molar-refractivity contribution >= 4 is 23.4 Å². The molecule has 1 aromatic rings. The highest BCUT2D eigenvalue weighted by atomic mass is 35.5. The summed E-state index contributed by atoms with van der Waals surface area (Å²) in [4.78, 5) is 16.7. The van der Waals surface area contributed by atoms with E-state index in [2.05, 4.69) is 0 Å². The Labute approximate surface area is 133 Å². The van der Waals surface area contributed by atoms with Gasteiger partial charge in [-0.1, -0.05) is 18.2 Å². The molecule has 0 saturated carbocycles. The first-order chi connectivity index (χ1) is 10.3. The number of hydrogen-bond acceptors (Lipinski definition) is 4. The third kappa shape index (κ3) is 2.62. The average molecular weight is 321 g/mol. The Morgan fingerprint density at radius 3 is 2.77 bits per heavy atom. The predicted molar refractivity (Wildman–Crippen MR) is 84.8 cm³/mol. The molecule has 1 aliphatic carbocycles. The van der Waals surface area contributed by atoms with Gasteiger partial charge in [-0.05, 0) is 37.1 Å². The van der Waals surface area contributed by atoms with Crippen molar-refractivity contribution in [3.63, 3.8) is 0 Å². The van der Waals surface area contributed by atoms with Crippen molar-refractivity contribution in [1.82, 2.24) is 5.06 Å². The smallest absolute Gasteiger partial charge is 0.268 e. The topological polar surface area (TPSA) is 55.6 Å². The van der Waals surface area contributed by atoms with Crippen LogP contribution < -0.4 is 10.4 Å². The lowest BCUT2D eigenvalue weighted by Gasteiger charge is -2.32. The van der Waals surface area contributed by atoms with Crippen LogP contribution in [0.5, 0.6) is 0 Å². The Balaban J connectivity index is 2.17. The Morgan fingerprint density at radius 2 is 2.14 bits per heavy atom. The molecule has 0 radical (unpaired) electrons. The number of benzene rings is 1. The molecule has 0 N–H and O–H groups in total. The number of rotatable bonds is 2. The zero-order valence-corrected chi connectivity index (χ0v) is 13.4. The van der Waals surface area contributed by atoms with E-state index in [1.54, 1.807) is 11.1 Å². The second-order valence-electron chi connectivity index (χ2n) is 6.43. The minimum atomic E-state index is -0.725. The van der Waals surface area contributed by atoms with Gasteiger partial charge in [0, 0.05) is 17.5 Å². The first kappa shape index (κ1) is 15.1. The van der Waals surface area contributed by atoms with Crippen LogP contribution in [0.2, 0.25) is 0 Å². The maximum atomic E-state index is 11.2. The van der Waals surface area contributed by atoms with Gasteiger partial charge < -0.3 is 0 Å². The number of nitro groups is 1. The van der Waals surface area contributed by atoms with Crippen LogP contribution in [-0.2, 0) is 4.84 Å². The second-order valence-corrected chi connectivity index (χ2v) is 6.87. The predicted octanol–water partition coefficient (Wildman–Crippen LogP) is 2.08. The molecular formula is C16H17ClN2O3. The minimum absolute atomic E-state index is 0.0129. The summed E-state index contributed by atoms with van der Waals surface area (Å²) in [6.45, 7) is 6.35. The van der Waals surface area contributed by atoms with Crippen molar-refractivity contribution in [2.75, 3.05) is 6.54 Å². The largest absolute Gasteiger partial charge is 0.268 e. The molecule has 0 bridgehead atoms. The lowest BCUT2D eigenvalue weighted by Crippen LogP contribution is -2.44. The van der Waals surface area contributed by atoms with E-state index in [4.69, 9.17) is 16.4 Å². The van der Waals surface area contributed by atoms with Crippen LogP contribution in [0.3, 0.4) is 0 Å². The van der Waals surface area contributed by atoms with Crippen molar-refractivity contribution in [2.24, 2.45) is 0 Å². The summed E-state index contributed by atoms with van der Waals surface area (Å²) in [5.41, 5.74) is 1.32. The quantitative estimate of drug-likeness (QED) is 0.475. The summed E-state index contributed by atoms with van der Waals surface area (Å²) in [5.74, 6) is 0. The van der Waals surface area contributed by atoms with Crippen LogP contribution in [0, 0.1) is 10.1 Å². The van der Waals surface area contributed by atoms with Crippen LogP contribution in [-0.4, -0.2) is 22.1 Å². The number of hydroxylamine groups is 2. The van der Waals surface area contributed by atoms with E-state index in [1.165, 1.54) is 0 Å². The molecule has 2 aliphatic rings. The van der Waals surface area contributed by atoms with Gasteiger partial charge in [-0.2, -0.15) is 0 Å². The summed E-state index contributed by atoms with van der Waals surface area (Å²) in [6, 6.07) is 5.67. The number of allylic oxidation sites excluding steroid dienone is 1. The van der Waals surface area contributed by atoms with Crippen LogP contribution in [0.25, 0.3) is 11.8 Å². The van der Waals surface area contributed by atoms with Crippen molar-refractivity contribution in [1.29, 1.82) is 0 Å². The number of nitrogens with zero attached hydrogens (tertiary/aromatic N) is 2. The zero-order chi connectivity index (χ0) is 16.1. The van der Waals surface area contributed by atoms with Gasteiger partial charge in [-0.15, -0.1) is 11.6 Å². The zero-order valence-electron chi connectivity index (χ0n) is 12.7. The van der Waals surface area contributed by atoms with E-state index in [-0.39, 0.29) is 11.3 Å². The standard InChI is InChI=1S/C16H17ClN2O3/c1-16(2,3)22-18-8-10-5-4-6-12-14(10)11(9-18)7-13(15(12)17)19(20)21/h4-8,15H,9H2,1-3H3. The maximum Gasteiger partial charge on any atom is 0.268 e. The van der Waals surface area contributed by atoms with E-state index in [1.807, 2.05) is 45.2 Å². The molecule has 5 nitrogen and oxygen atoms in total. The summed E-state index contributed by atoms with van der Waals surface area (Å²) in [5, 5.41) is 14.2. The highest BCUT2D eigenvalue weighted by Crippen LogP contribution is 2.31. The van der Waals surface area contributed by atoms with Gasteiger partial charge in [0.2, 0.25) is 0 Å². The third-order valence-corrected chi connectivity index (χ3v) is 3.97. The molecular weight excluding hydrogens is 304 g/mol. The van der Waals surface area contributed by atoms with Crippen LogP contribution in [0.15, 0.2) is 30.0 Å². The molecule has 0 fully saturated rings. The van der Waals surface area contributed by atoms with Gasteiger partial charge in [0.1, 0.15) is 5.38 Å². The Morgan fingerprint density at radius 1 is 1.41 bits per heavy atom. The Kier molecular flexibility index (Phi) is 3.50. The monoisotopic (exact) mass is 320 g/mol. The highest BCUT2D eigenvalue weighted by molar-refractivity contribution is 6.22. The Bertz CT molecular complexity index is 793. The Hall–Kier alpha value is -1.85. The molecule has 0 amide bonds. The van der Waals surface area contributed by atoms with E-state index in [0.717, 1.165) is 21.6 Å². The number of hydrogen-bond donors (Lipinski definition) is 0. The van der Waals surface area contributed by atoms with E-state index in [0.29, 0.717) is 6.54 Å².